The zero-order valence-electron chi connectivity index (χ0n) is 12.8. The Bertz CT molecular complexity index is 666. The molecular formula is C18H17ClO4. The molecule has 0 aromatic heterocycles. The van der Waals surface area contributed by atoms with Gasteiger partial charge < -0.3 is 14.2 Å². The van der Waals surface area contributed by atoms with Crippen molar-refractivity contribution in [1.29, 1.82) is 0 Å². The van der Waals surface area contributed by atoms with Crippen molar-refractivity contribution in [3.05, 3.63) is 48.5 Å². The van der Waals surface area contributed by atoms with Crippen LogP contribution in [0.3, 0.4) is 0 Å². The van der Waals surface area contributed by atoms with Gasteiger partial charge in [0.15, 0.2) is 0 Å². The number of fused-ring (bicyclic) bond motifs is 3. The van der Waals surface area contributed by atoms with Gasteiger partial charge in [-0.2, -0.15) is 0 Å². The minimum absolute atomic E-state index is 0.00547. The number of hydrogen-bond acceptors (Lipinski definition) is 4. The number of carbonyl (C=O) groups excluding carboxylic acids is 1. The predicted molar refractivity (Wildman–Crippen MR) is 87.8 cm³/mol. The Hall–Kier alpha value is -2.20. The average molecular weight is 333 g/mol. The van der Waals surface area contributed by atoms with Crippen LogP contribution in [0.4, 0.5) is 0 Å². The third kappa shape index (κ3) is 3.13. The van der Waals surface area contributed by atoms with Crippen molar-refractivity contribution in [1.82, 2.24) is 0 Å². The van der Waals surface area contributed by atoms with E-state index in [2.05, 4.69) is 0 Å². The fourth-order valence-electron chi connectivity index (χ4n) is 2.58. The van der Waals surface area contributed by atoms with Crippen molar-refractivity contribution in [2.24, 2.45) is 0 Å². The predicted octanol–water partition coefficient (Wildman–Crippen LogP) is 4.01. The van der Waals surface area contributed by atoms with Crippen LogP contribution in [0.15, 0.2) is 48.5 Å². The Morgan fingerprint density at radius 1 is 1.04 bits per heavy atom. The number of alkyl halides is 1. The first-order valence-corrected chi connectivity index (χ1v) is 7.99. The van der Waals surface area contributed by atoms with Gasteiger partial charge in [-0.05, 0) is 19.1 Å². The zero-order valence-corrected chi connectivity index (χ0v) is 13.5. The molecule has 3 rings (SSSR count). The van der Waals surface area contributed by atoms with Crippen LogP contribution in [0, 0.1) is 0 Å². The molecule has 0 amide bonds. The molecule has 0 bridgehead atoms. The van der Waals surface area contributed by atoms with Crippen LogP contribution in [-0.4, -0.2) is 24.2 Å². The van der Waals surface area contributed by atoms with Gasteiger partial charge in [-0.1, -0.05) is 36.4 Å². The van der Waals surface area contributed by atoms with Gasteiger partial charge in [-0.3, -0.25) is 4.79 Å². The highest BCUT2D eigenvalue weighted by Gasteiger charge is 2.41. The first-order chi connectivity index (χ1) is 11.2. The molecule has 0 atom stereocenters. The van der Waals surface area contributed by atoms with E-state index in [0.29, 0.717) is 18.1 Å². The van der Waals surface area contributed by atoms with Crippen molar-refractivity contribution in [3.8, 4) is 22.6 Å². The molecule has 23 heavy (non-hydrogen) atoms. The van der Waals surface area contributed by atoms with Crippen LogP contribution < -0.4 is 9.47 Å². The van der Waals surface area contributed by atoms with E-state index in [1.165, 1.54) is 0 Å². The fourth-order valence-corrected chi connectivity index (χ4v) is 2.79. The Labute approximate surface area is 139 Å². The lowest BCUT2D eigenvalue weighted by Crippen LogP contribution is -2.46. The van der Waals surface area contributed by atoms with Crippen LogP contribution in [-0.2, 0) is 9.53 Å². The lowest BCUT2D eigenvalue weighted by molar-refractivity contribution is -0.159. The van der Waals surface area contributed by atoms with Crippen LogP contribution in [0.5, 0.6) is 11.5 Å². The Morgan fingerprint density at radius 3 is 2.04 bits per heavy atom. The molecule has 0 unspecified atom stereocenters. The second kappa shape index (κ2) is 6.50. The van der Waals surface area contributed by atoms with Crippen LogP contribution in [0.2, 0.25) is 0 Å². The maximum absolute atomic E-state index is 12.0. The summed E-state index contributed by atoms with van der Waals surface area (Å²) in [5, 5.41) is 0. The van der Waals surface area contributed by atoms with Gasteiger partial charge in [0.2, 0.25) is 0 Å². The first-order valence-electron chi connectivity index (χ1n) is 7.45. The lowest BCUT2D eigenvalue weighted by Gasteiger charge is -2.30. The molecule has 2 aromatic carbocycles. The molecule has 0 N–H and O–H groups in total. The molecule has 0 spiro atoms. The van der Waals surface area contributed by atoms with Crippen LogP contribution >= 0.6 is 11.6 Å². The Kier molecular flexibility index (Phi) is 4.44. The van der Waals surface area contributed by atoms with Crippen LogP contribution in [0.25, 0.3) is 11.1 Å². The molecule has 2 aromatic rings. The first kappa shape index (κ1) is 15.7. The summed E-state index contributed by atoms with van der Waals surface area (Å²) in [5.41, 5.74) is 1.80. The minimum atomic E-state index is -1.30. The van der Waals surface area contributed by atoms with Crippen molar-refractivity contribution in [3.63, 3.8) is 0 Å². The molecule has 0 fully saturated rings. The van der Waals surface area contributed by atoms with Gasteiger partial charge in [-0.25, -0.2) is 0 Å². The molecule has 0 radical (unpaired) electrons. The van der Waals surface area contributed by atoms with E-state index in [9.17, 15) is 4.79 Å². The molecule has 1 aliphatic heterocycles. The van der Waals surface area contributed by atoms with E-state index in [4.69, 9.17) is 25.8 Å². The van der Waals surface area contributed by atoms with E-state index < -0.39 is 11.8 Å². The maximum atomic E-state index is 12.0. The van der Waals surface area contributed by atoms with E-state index in [0.717, 1.165) is 11.1 Å². The summed E-state index contributed by atoms with van der Waals surface area (Å²) < 4.78 is 17.1. The standard InChI is InChI=1S/C18H17ClO4/c1-2-21-17(20)11-18(12-19)22-15-9-5-3-7-13(15)14-8-4-6-10-16(14)23-18/h3-10H,2,11-12H2,1H3. The van der Waals surface area contributed by atoms with Crippen molar-refractivity contribution < 1.29 is 19.0 Å². The highest BCUT2D eigenvalue weighted by atomic mass is 35.5. The van der Waals surface area contributed by atoms with Gasteiger partial charge in [0, 0.05) is 11.1 Å². The summed E-state index contributed by atoms with van der Waals surface area (Å²) in [6.45, 7) is 2.05. The number of esters is 1. The van der Waals surface area contributed by atoms with Gasteiger partial charge >= 0.3 is 5.97 Å². The molecule has 120 valence electrons. The second-order valence-electron chi connectivity index (χ2n) is 5.22. The molecular weight excluding hydrogens is 316 g/mol. The van der Waals surface area contributed by atoms with E-state index in [1.54, 1.807) is 6.92 Å². The van der Waals surface area contributed by atoms with Crippen molar-refractivity contribution >= 4 is 17.6 Å². The van der Waals surface area contributed by atoms with Gasteiger partial charge in [0.25, 0.3) is 5.79 Å². The third-order valence-corrected chi connectivity index (χ3v) is 3.99. The zero-order chi connectivity index (χ0) is 16.3. The van der Waals surface area contributed by atoms with Crippen molar-refractivity contribution in [2.75, 3.05) is 12.5 Å². The second-order valence-corrected chi connectivity index (χ2v) is 5.49. The summed E-state index contributed by atoms with van der Waals surface area (Å²) in [7, 11) is 0. The minimum Gasteiger partial charge on any atom is -0.466 e. The number of ether oxygens (including phenoxy) is 3. The number of benzene rings is 2. The summed E-state index contributed by atoms with van der Waals surface area (Å²) >= 11 is 6.13. The third-order valence-electron chi connectivity index (χ3n) is 3.58. The number of carbonyl (C=O) groups is 1. The van der Waals surface area contributed by atoms with E-state index >= 15 is 0 Å². The summed E-state index contributed by atoms with van der Waals surface area (Å²) in [6.07, 6.45) is -0.0903. The topological polar surface area (TPSA) is 44.8 Å². The average Bonchev–Trinajstić information content (AvgIpc) is 2.69. The molecule has 1 aliphatic rings. The number of halogens is 1. The Morgan fingerprint density at radius 2 is 1.57 bits per heavy atom. The monoisotopic (exact) mass is 332 g/mol. The highest BCUT2D eigenvalue weighted by Crippen LogP contribution is 2.43. The van der Waals surface area contributed by atoms with Gasteiger partial charge in [-0.15, -0.1) is 11.6 Å². The molecule has 0 saturated heterocycles. The number of para-hydroxylation sites is 2. The summed E-state index contributed by atoms with van der Waals surface area (Å²) in [4.78, 5) is 12.0. The largest absolute Gasteiger partial charge is 0.466 e. The summed E-state index contributed by atoms with van der Waals surface area (Å²) in [5.74, 6) is -0.458. The Balaban J connectivity index is 2.07. The quantitative estimate of drug-likeness (QED) is 0.626. The maximum Gasteiger partial charge on any atom is 0.313 e. The van der Waals surface area contributed by atoms with Gasteiger partial charge in [0.1, 0.15) is 23.8 Å². The molecule has 0 saturated carbocycles. The fraction of sp³-hybridized carbons (Fsp3) is 0.278. The van der Waals surface area contributed by atoms with Crippen LogP contribution in [0.1, 0.15) is 13.3 Å². The van der Waals surface area contributed by atoms with Gasteiger partial charge in [0.05, 0.1) is 6.61 Å². The van der Waals surface area contributed by atoms with E-state index in [-0.39, 0.29) is 12.3 Å². The SMILES string of the molecule is CCOC(=O)CC1(CCl)Oc2ccccc2-c2ccccc2O1. The molecule has 0 aliphatic carbocycles. The molecule has 4 nitrogen and oxygen atoms in total. The number of rotatable bonds is 4. The highest BCUT2D eigenvalue weighted by molar-refractivity contribution is 6.18. The lowest BCUT2D eigenvalue weighted by atomic mass is 10.0. The van der Waals surface area contributed by atoms with E-state index in [1.807, 2.05) is 48.5 Å². The molecule has 1 heterocycles. The number of hydrogen-bond donors (Lipinski definition) is 0. The normalized spacial score (nSPS) is 14.5. The summed E-state index contributed by atoms with van der Waals surface area (Å²) in [6, 6.07) is 15.2. The molecule has 5 heteroatoms. The smallest absolute Gasteiger partial charge is 0.313 e. The van der Waals surface area contributed by atoms with Crippen molar-refractivity contribution in [2.45, 2.75) is 19.1 Å².